The predicted molar refractivity (Wildman–Crippen MR) is 60.6 cm³/mol. The minimum absolute atomic E-state index is 0.00935. The van der Waals surface area contributed by atoms with Gasteiger partial charge in [-0.05, 0) is 18.6 Å². The molecule has 2 rings (SSSR count). The lowest BCUT2D eigenvalue weighted by Gasteiger charge is -2.09. The number of halogens is 2. The van der Waals surface area contributed by atoms with Crippen molar-refractivity contribution in [2.24, 2.45) is 0 Å². The SMILES string of the molecule is CCc1cc(=O)c2cccc(OC(F)F)c2[nH]1. The van der Waals surface area contributed by atoms with Crippen LogP contribution in [-0.4, -0.2) is 11.6 Å². The molecule has 0 saturated heterocycles. The van der Waals surface area contributed by atoms with Gasteiger partial charge in [-0.2, -0.15) is 8.78 Å². The second-order valence-corrected chi connectivity index (χ2v) is 3.57. The summed E-state index contributed by atoms with van der Waals surface area (Å²) in [4.78, 5) is 14.7. The van der Waals surface area contributed by atoms with Crippen LogP contribution in [0.3, 0.4) is 0 Å². The summed E-state index contributed by atoms with van der Waals surface area (Å²) in [6.07, 6.45) is 0.619. The van der Waals surface area contributed by atoms with Crippen LogP contribution in [0.1, 0.15) is 12.6 Å². The maximum Gasteiger partial charge on any atom is 0.387 e. The molecule has 0 aliphatic rings. The Morgan fingerprint density at radius 3 is 2.82 bits per heavy atom. The zero-order chi connectivity index (χ0) is 12.4. The highest BCUT2D eigenvalue weighted by Gasteiger charge is 2.10. The van der Waals surface area contributed by atoms with Crippen LogP contribution in [-0.2, 0) is 6.42 Å². The molecule has 0 unspecified atom stereocenters. The standard InChI is InChI=1S/C12H11F2NO2/c1-2-7-6-9(16)8-4-3-5-10(11(8)15-7)17-12(13)14/h3-6,12H,2H2,1H3,(H,15,16). The molecule has 1 N–H and O–H groups in total. The number of aryl methyl sites for hydroxylation is 1. The molecule has 1 aromatic heterocycles. The van der Waals surface area contributed by atoms with Gasteiger partial charge in [0.15, 0.2) is 5.43 Å². The van der Waals surface area contributed by atoms with Crippen molar-refractivity contribution in [3.8, 4) is 5.75 Å². The Morgan fingerprint density at radius 1 is 1.41 bits per heavy atom. The van der Waals surface area contributed by atoms with Gasteiger partial charge in [0.1, 0.15) is 5.75 Å². The van der Waals surface area contributed by atoms with E-state index in [1.165, 1.54) is 18.2 Å². The van der Waals surface area contributed by atoms with E-state index in [9.17, 15) is 13.6 Å². The van der Waals surface area contributed by atoms with Gasteiger partial charge in [-0.3, -0.25) is 4.79 Å². The fraction of sp³-hybridized carbons (Fsp3) is 0.250. The molecule has 0 bridgehead atoms. The fourth-order valence-electron chi connectivity index (χ4n) is 1.68. The highest BCUT2D eigenvalue weighted by Crippen LogP contribution is 2.23. The van der Waals surface area contributed by atoms with E-state index in [1.54, 1.807) is 6.07 Å². The van der Waals surface area contributed by atoms with E-state index in [2.05, 4.69) is 9.72 Å². The third kappa shape index (κ3) is 2.27. The van der Waals surface area contributed by atoms with E-state index >= 15 is 0 Å². The van der Waals surface area contributed by atoms with Gasteiger partial charge in [0.2, 0.25) is 0 Å². The molecular weight excluding hydrogens is 228 g/mol. The Morgan fingerprint density at radius 2 is 2.18 bits per heavy atom. The molecular formula is C12H11F2NO2. The first-order chi connectivity index (χ1) is 8.11. The summed E-state index contributed by atoms with van der Waals surface area (Å²) in [7, 11) is 0. The molecule has 0 aliphatic heterocycles. The first kappa shape index (κ1) is 11.6. The van der Waals surface area contributed by atoms with Crippen LogP contribution in [0.15, 0.2) is 29.1 Å². The number of hydrogen-bond acceptors (Lipinski definition) is 2. The Kier molecular flexibility index (Phi) is 3.08. The van der Waals surface area contributed by atoms with Crippen molar-refractivity contribution in [3.63, 3.8) is 0 Å². The zero-order valence-electron chi connectivity index (χ0n) is 9.17. The monoisotopic (exact) mass is 239 g/mol. The molecule has 1 aromatic carbocycles. The third-order valence-corrected chi connectivity index (χ3v) is 2.48. The summed E-state index contributed by atoms with van der Waals surface area (Å²) in [6, 6.07) is 5.96. The summed E-state index contributed by atoms with van der Waals surface area (Å²) >= 11 is 0. The van der Waals surface area contributed by atoms with Crippen molar-refractivity contribution >= 4 is 10.9 Å². The molecule has 0 aliphatic carbocycles. The first-order valence-corrected chi connectivity index (χ1v) is 5.21. The Bertz CT molecular complexity index is 593. The van der Waals surface area contributed by atoms with Crippen molar-refractivity contribution in [2.75, 3.05) is 0 Å². The van der Waals surface area contributed by atoms with E-state index in [0.29, 0.717) is 23.0 Å². The van der Waals surface area contributed by atoms with Crippen LogP contribution >= 0.6 is 0 Å². The quantitative estimate of drug-likeness (QED) is 0.894. The maximum absolute atomic E-state index is 12.2. The Hall–Kier alpha value is -1.91. The summed E-state index contributed by atoms with van der Waals surface area (Å²) in [5.74, 6) is -0.00935. The van der Waals surface area contributed by atoms with Crippen molar-refractivity contribution < 1.29 is 13.5 Å². The van der Waals surface area contributed by atoms with Crippen molar-refractivity contribution in [1.29, 1.82) is 0 Å². The second-order valence-electron chi connectivity index (χ2n) is 3.57. The normalized spacial score (nSPS) is 11.1. The highest BCUT2D eigenvalue weighted by molar-refractivity contribution is 5.84. The average Bonchev–Trinajstić information content (AvgIpc) is 2.29. The average molecular weight is 239 g/mol. The van der Waals surface area contributed by atoms with Gasteiger partial charge in [0.05, 0.1) is 5.52 Å². The van der Waals surface area contributed by atoms with Crippen molar-refractivity contribution in [2.45, 2.75) is 20.0 Å². The number of ether oxygens (including phenoxy) is 1. The molecule has 0 spiro atoms. The van der Waals surface area contributed by atoms with E-state index in [0.717, 1.165) is 0 Å². The molecule has 5 heteroatoms. The van der Waals surface area contributed by atoms with Gasteiger partial charge < -0.3 is 9.72 Å². The van der Waals surface area contributed by atoms with Gasteiger partial charge in [0, 0.05) is 17.1 Å². The summed E-state index contributed by atoms with van der Waals surface area (Å²) < 4.78 is 28.8. The van der Waals surface area contributed by atoms with E-state index < -0.39 is 6.61 Å². The summed E-state index contributed by atoms with van der Waals surface area (Å²) in [6.45, 7) is -1.04. The zero-order valence-corrected chi connectivity index (χ0v) is 9.17. The molecule has 1 heterocycles. The molecule has 3 nitrogen and oxygen atoms in total. The molecule has 0 amide bonds. The Labute approximate surface area is 96.0 Å². The van der Waals surface area contributed by atoms with Gasteiger partial charge in [0.25, 0.3) is 0 Å². The number of nitrogens with one attached hydrogen (secondary N) is 1. The molecule has 2 aromatic rings. The van der Waals surface area contributed by atoms with E-state index in [-0.39, 0.29) is 11.2 Å². The maximum atomic E-state index is 12.2. The molecule has 0 fully saturated rings. The number of aromatic amines is 1. The molecule has 0 atom stereocenters. The van der Waals surface area contributed by atoms with Gasteiger partial charge in [-0.25, -0.2) is 0 Å². The predicted octanol–water partition coefficient (Wildman–Crippen LogP) is 2.69. The van der Waals surface area contributed by atoms with Gasteiger partial charge >= 0.3 is 6.61 Å². The van der Waals surface area contributed by atoms with E-state index in [4.69, 9.17) is 0 Å². The van der Waals surface area contributed by atoms with Gasteiger partial charge in [-0.15, -0.1) is 0 Å². The molecule has 17 heavy (non-hydrogen) atoms. The number of fused-ring (bicyclic) bond motifs is 1. The highest BCUT2D eigenvalue weighted by atomic mass is 19.3. The lowest BCUT2D eigenvalue weighted by molar-refractivity contribution is -0.0489. The largest absolute Gasteiger partial charge is 0.433 e. The molecule has 90 valence electrons. The van der Waals surface area contributed by atoms with Crippen molar-refractivity contribution in [1.82, 2.24) is 4.98 Å². The minimum atomic E-state index is -2.91. The third-order valence-electron chi connectivity index (χ3n) is 2.48. The van der Waals surface area contributed by atoms with Crippen LogP contribution in [0.25, 0.3) is 10.9 Å². The molecule has 0 radical (unpaired) electrons. The fourth-order valence-corrected chi connectivity index (χ4v) is 1.68. The van der Waals surface area contributed by atoms with Crippen LogP contribution in [0.5, 0.6) is 5.75 Å². The summed E-state index contributed by atoms with van der Waals surface area (Å²) in [5.41, 5.74) is 0.806. The number of alkyl halides is 2. The summed E-state index contributed by atoms with van der Waals surface area (Å²) in [5, 5.41) is 0.348. The van der Waals surface area contributed by atoms with E-state index in [1.807, 2.05) is 6.92 Å². The number of pyridine rings is 1. The topological polar surface area (TPSA) is 42.1 Å². The van der Waals surface area contributed by atoms with Crippen LogP contribution in [0.4, 0.5) is 8.78 Å². The van der Waals surface area contributed by atoms with Crippen LogP contribution in [0, 0.1) is 0 Å². The van der Waals surface area contributed by atoms with Crippen LogP contribution < -0.4 is 10.2 Å². The number of H-pyrrole nitrogens is 1. The van der Waals surface area contributed by atoms with Crippen molar-refractivity contribution in [3.05, 3.63) is 40.2 Å². The van der Waals surface area contributed by atoms with Crippen LogP contribution in [0.2, 0.25) is 0 Å². The second kappa shape index (κ2) is 4.53. The lowest BCUT2D eigenvalue weighted by atomic mass is 10.1. The number of rotatable bonds is 3. The first-order valence-electron chi connectivity index (χ1n) is 5.21. The number of aromatic nitrogens is 1. The number of hydrogen-bond donors (Lipinski definition) is 1. The Balaban J connectivity index is 2.69. The number of benzene rings is 1. The smallest absolute Gasteiger partial charge is 0.387 e. The molecule has 0 saturated carbocycles. The van der Waals surface area contributed by atoms with Gasteiger partial charge in [-0.1, -0.05) is 13.0 Å². The lowest BCUT2D eigenvalue weighted by Crippen LogP contribution is -2.08. The minimum Gasteiger partial charge on any atom is -0.433 e. The number of para-hydroxylation sites is 1.